The molecular weight excluding hydrogens is 749 g/mol. The summed E-state index contributed by atoms with van der Waals surface area (Å²) in [4.78, 5) is 0. The Kier molecular flexibility index (Phi) is 7.64. The monoisotopic (exact) mass is 786 g/mol. The van der Waals surface area contributed by atoms with Gasteiger partial charge in [0.15, 0.2) is 0 Å². The van der Waals surface area contributed by atoms with Gasteiger partial charge in [0, 0.05) is 32.9 Å². The molecule has 0 saturated carbocycles. The summed E-state index contributed by atoms with van der Waals surface area (Å²) in [6.07, 6.45) is 0. The van der Waals surface area contributed by atoms with E-state index in [-0.39, 0.29) is 0 Å². The molecule has 1 aliphatic carbocycles. The zero-order valence-corrected chi connectivity index (χ0v) is 33.8. The van der Waals surface area contributed by atoms with Gasteiger partial charge in [-0.3, -0.25) is 0 Å². The second kappa shape index (κ2) is 13.7. The summed E-state index contributed by atoms with van der Waals surface area (Å²) in [6.45, 7) is 0. The van der Waals surface area contributed by atoms with Crippen molar-refractivity contribution in [2.24, 2.45) is 0 Å². The van der Waals surface area contributed by atoms with Crippen LogP contribution in [0.3, 0.4) is 0 Å². The van der Waals surface area contributed by atoms with E-state index in [4.69, 9.17) is 0 Å². The number of hydrogen-bond acceptors (Lipinski definition) is 0. The minimum atomic E-state index is 1.13. The van der Waals surface area contributed by atoms with Gasteiger partial charge in [0.05, 0.1) is 22.1 Å². The second-order valence-corrected chi connectivity index (χ2v) is 16.5. The fourth-order valence-electron chi connectivity index (χ4n) is 10.3. The van der Waals surface area contributed by atoms with Crippen LogP contribution in [0.15, 0.2) is 231 Å². The molecular formula is C60H38N2. The Morgan fingerprint density at radius 2 is 0.532 bits per heavy atom. The van der Waals surface area contributed by atoms with Gasteiger partial charge >= 0.3 is 0 Å². The van der Waals surface area contributed by atoms with Crippen molar-refractivity contribution in [2.45, 2.75) is 0 Å². The predicted molar refractivity (Wildman–Crippen MR) is 261 cm³/mol. The lowest BCUT2D eigenvalue weighted by Crippen LogP contribution is -2.01. The van der Waals surface area contributed by atoms with Crippen LogP contribution in [-0.4, -0.2) is 9.13 Å². The van der Waals surface area contributed by atoms with E-state index in [1.54, 1.807) is 0 Å². The van der Waals surface area contributed by atoms with E-state index >= 15 is 0 Å². The first-order valence-electron chi connectivity index (χ1n) is 21.4. The maximum absolute atomic E-state index is 2.47. The van der Waals surface area contributed by atoms with Crippen molar-refractivity contribution in [1.29, 1.82) is 0 Å². The summed E-state index contributed by atoms with van der Waals surface area (Å²) >= 11 is 0. The van der Waals surface area contributed by atoms with Gasteiger partial charge in [-0.25, -0.2) is 0 Å². The minimum absolute atomic E-state index is 1.13. The van der Waals surface area contributed by atoms with E-state index in [0.717, 1.165) is 11.4 Å². The molecule has 288 valence electrons. The Hall–Kier alpha value is -8.20. The Balaban J connectivity index is 1.11. The highest BCUT2D eigenvalue weighted by Gasteiger charge is 2.25. The summed E-state index contributed by atoms with van der Waals surface area (Å²) in [5.41, 5.74) is 21.7. The highest BCUT2D eigenvalue weighted by Crippen LogP contribution is 2.49. The molecule has 13 rings (SSSR count). The van der Waals surface area contributed by atoms with Crippen LogP contribution in [0.5, 0.6) is 0 Å². The average Bonchev–Trinajstić information content (AvgIpc) is 3.86. The van der Waals surface area contributed by atoms with Crippen molar-refractivity contribution >= 4 is 43.6 Å². The quantitative estimate of drug-likeness (QED) is 0.168. The lowest BCUT2D eigenvalue weighted by Gasteiger charge is -2.25. The number of fused-ring (bicyclic) bond motifs is 14. The number of para-hydroxylation sites is 2. The van der Waals surface area contributed by atoms with E-state index in [1.165, 1.54) is 110 Å². The van der Waals surface area contributed by atoms with E-state index in [0.29, 0.717) is 0 Å². The van der Waals surface area contributed by atoms with E-state index < -0.39 is 0 Å². The molecule has 0 saturated heterocycles. The van der Waals surface area contributed by atoms with Crippen LogP contribution in [0.25, 0.3) is 122 Å². The summed E-state index contributed by atoms with van der Waals surface area (Å²) in [5, 5.41) is 4.99. The highest BCUT2D eigenvalue weighted by atomic mass is 15.0. The zero-order valence-electron chi connectivity index (χ0n) is 33.8. The lowest BCUT2D eigenvalue weighted by molar-refractivity contribution is 1.17. The third-order valence-corrected chi connectivity index (χ3v) is 13.1. The van der Waals surface area contributed by atoms with Gasteiger partial charge in [-0.1, -0.05) is 182 Å². The van der Waals surface area contributed by atoms with Gasteiger partial charge < -0.3 is 9.13 Å². The molecule has 0 radical (unpaired) electrons. The molecule has 2 nitrogen and oxygen atoms in total. The molecule has 0 spiro atoms. The van der Waals surface area contributed by atoms with Crippen molar-refractivity contribution in [1.82, 2.24) is 9.13 Å². The second-order valence-electron chi connectivity index (χ2n) is 16.5. The zero-order chi connectivity index (χ0) is 40.7. The maximum Gasteiger partial charge on any atom is 0.0547 e. The number of aromatic nitrogens is 2. The minimum Gasteiger partial charge on any atom is -0.309 e. The number of benzene rings is 10. The molecule has 2 aromatic heterocycles. The Labute approximate surface area is 359 Å². The first-order valence-corrected chi connectivity index (χ1v) is 21.4. The Morgan fingerprint density at radius 1 is 0.194 bits per heavy atom. The molecule has 0 fully saturated rings. The van der Waals surface area contributed by atoms with Crippen LogP contribution in [0.4, 0.5) is 0 Å². The summed E-state index contributed by atoms with van der Waals surface area (Å²) < 4.78 is 4.94. The lowest BCUT2D eigenvalue weighted by atomic mass is 9.80. The highest BCUT2D eigenvalue weighted by molar-refractivity contribution is 6.12. The first-order chi connectivity index (χ1) is 30.8. The molecule has 2 heteroatoms. The molecule has 0 N–H and O–H groups in total. The van der Waals surface area contributed by atoms with Crippen molar-refractivity contribution in [3.63, 3.8) is 0 Å². The fourth-order valence-corrected chi connectivity index (χ4v) is 10.3. The van der Waals surface area contributed by atoms with E-state index in [9.17, 15) is 0 Å². The van der Waals surface area contributed by atoms with Crippen molar-refractivity contribution < 1.29 is 0 Å². The number of hydrogen-bond donors (Lipinski definition) is 0. The first kappa shape index (κ1) is 34.6. The standard InChI is InChI=1S/C60H38N2/c1-3-15-39(16-4-1)41-27-31-53-51-23-11-13-25-57(51)61(59(53)35-41)43-29-33-49-47-21-9-7-19-45(47)46-20-8-10-22-48(46)50-34-30-44(38-56(50)55(49)37-43)62-58-26-14-12-24-52(58)54-32-28-42(36-60(54)62)40-17-5-2-6-18-40/h1-38H. The topological polar surface area (TPSA) is 9.86 Å². The van der Waals surface area contributed by atoms with Gasteiger partial charge in [0.1, 0.15) is 0 Å². The third-order valence-electron chi connectivity index (χ3n) is 13.1. The van der Waals surface area contributed by atoms with Crippen LogP contribution in [0.2, 0.25) is 0 Å². The van der Waals surface area contributed by atoms with Crippen molar-refractivity contribution in [3.05, 3.63) is 231 Å². The summed E-state index contributed by atoms with van der Waals surface area (Å²) in [5.74, 6) is 0. The molecule has 0 bridgehead atoms. The van der Waals surface area contributed by atoms with Gasteiger partial charge in [-0.2, -0.15) is 0 Å². The fraction of sp³-hybridized carbons (Fsp3) is 0. The van der Waals surface area contributed by atoms with E-state index in [2.05, 4.69) is 240 Å². The normalized spacial score (nSPS) is 11.9. The number of nitrogens with zero attached hydrogens (tertiary/aromatic N) is 2. The van der Waals surface area contributed by atoms with Crippen LogP contribution < -0.4 is 0 Å². The Bertz CT molecular complexity index is 3490. The SMILES string of the molecule is c1ccc(-c2ccc3c4ccccc4n(-c4ccc5c(c4)-c4cc(-n6c7ccccc7c7ccc(-c8ccccc8)cc76)ccc4-c4ccccc4-c4ccccc4-5)c3c2)cc1. The van der Waals surface area contributed by atoms with Crippen LogP contribution >= 0.6 is 0 Å². The molecule has 0 atom stereocenters. The number of rotatable bonds is 4. The summed E-state index contributed by atoms with van der Waals surface area (Å²) in [6, 6.07) is 85.1. The smallest absolute Gasteiger partial charge is 0.0547 e. The molecule has 2 heterocycles. The molecule has 1 aliphatic rings. The molecule has 10 aromatic carbocycles. The predicted octanol–water partition coefficient (Wildman–Crippen LogP) is 16.2. The van der Waals surface area contributed by atoms with Crippen LogP contribution in [-0.2, 0) is 0 Å². The van der Waals surface area contributed by atoms with Crippen molar-refractivity contribution in [3.8, 4) is 78.1 Å². The Morgan fingerprint density at radius 3 is 0.952 bits per heavy atom. The average molecular weight is 787 g/mol. The van der Waals surface area contributed by atoms with Crippen LogP contribution in [0.1, 0.15) is 0 Å². The van der Waals surface area contributed by atoms with Crippen molar-refractivity contribution in [2.75, 3.05) is 0 Å². The van der Waals surface area contributed by atoms with Gasteiger partial charge in [-0.05, 0) is 115 Å². The third kappa shape index (κ3) is 5.23. The van der Waals surface area contributed by atoms with Crippen LogP contribution in [0, 0.1) is 0 Å². The molecule has 0 aliphatic heterocycles. The maximum atomic E-state index is 2.47. The molecule has 12 aromatic rings. The largest absolute Gasteiger partial charge is 0.309 e. The van der Waals surface area contributed by atoms with Gasteiger partial charge in [0.25, 0.3) is 0 Å². The summed E-state index contributed by atoms with van der Waals surface area (Å²) in [7, 11) is 0. The molecule has 0 unspecified atom stereocenters. The molecule has 62 heavy (non-hydrogen) atoms. The van der Waals surface area contributed by atoms with Gasteiger partial charge in [-0.15, -0.1) is 0 Å². The molecule has 0 amide bonds. The van der Waals surface area contributed by atoms with Gasteiger partial charge in [0.2, 0.25) is 0 Å². The van der Waals surface area contributed by atoms with E-state index in [1.807, 2.05) is 0 Å².